The van der Waals surface area contributed by atoms with Crippen molar-refractivity contribution in [3.05, 3.63) is 0 Å². The maximum absolute atomic E-state index is 9.33. The van der Waals surface area contributed by atoms with Crippen LogP contribution in [0.1, 0.15) is 20.8 Å². The summed E-state index contributed by atoms with van der Waals surface area (Å²) < 4.78 is 29.7. The van der Waals surface area contributed by atoms with Crippen LogP contribution in [-0.4, -0.2) is 31.4 Å². The first kappa shape index (κ1) is 15.3. The number of hydrogen-bond donors (Lipinski definition) is 3. The van der Waals surface area contributed by atoms with Crippen LogP contribution in [0.15, 0.2) is 0 Å². The third-order valence-electron chi connectivity index (χ3n) is 1.10. The van der Waals surface area contributed by atoms with Crippen LogP contribution in [0.3, 0.4) is 0 Å². The Morgan fingerprint density at radius 3 is 1.54 bits per heavy atom. The first-order valence-electron chi connectivity index (χ1n) is 3.47. The standard InChI is InChI=1S/C5H13NO.CH4O4S/c1-5(2,3)4(6)7;1-5-6(2,3)4/h4,7H,6H2,1-3H3;1H3,(H,2,3,4). The van der Waals surface area contributed by atoms with Crippen LogP contribution in [0.2, 0.25) is 0 Å². The fourth-order valence-electron chi connectivity index (χ4n) is 0. The molecule has 0 bridgehead atoms. The number of rotatable bonds is 1. The van der Waals surface area contributed by atoms with Crippen molar-refractivity contribution in [1.29, 1.82) is 0 Å². The normalized spacial score (nSPS) is 14.4. The van der Waals surface area contributed by atoms with Gasteiger partial charge in [-0.2, -0.15) is 8.42 Å². The van der Waals surface area contributed by atoms with E-state index in [0.29, 0.717) is 0 Å². The molecule has 6 nitrogen and oxygen atoms in total. The van der Waals surface area contributed by atoms with Crippen molar-refractivity contribution in [2.45, 2.75) is 27.0 Å². The van der Waals surface area contributed by atoms with Crippen molar-refractivity contribution in [2.24, 2.45) is 11.1 Å². The number of hydrogen-bond acceptors (Lipinski definition) is 5. The molecule has 0 aliphatic carbocycles. The second-order valence-corrected chi connectivity index (χ2v) is 4.59. The summed E-state index contributed by atoms with van der Waals surface area (Å²) in [5.41, 5.74) is 4.96. The van der Waals surface area contributed by atoms with Gasteiger partial charge < -0.3 is 10.8 Å². The molecule has 0 aromatic carbocycles. The van der Waals surface area contributed by atoms with E-state index in [1.807, 2.05) is 20.8 Å². The fraction of sp³-hybridized carbons (Fsp3) is 1.00. The predicted molar refractivity (Wildman–Crippen MR) is 48.2 cm³/mol. The van der Waals surface area contributed by atoms with Gasteiger partial charge in [0.1, 0.15) is 6.23 Å². The van der Waals surface area contributed by atoms with Crippen LogP contribution in [0.25, 0.3) is 0 Å². The first-order valence-corrected chi connectivity index (χ1v) is 4.84. The molecule has 1 atom stereocenters. The van der Waals surface area contributed by atoms with E-state index in [1.165, 1.54) is 0 Å². The van der Waals surface area contributed by atoms with Crippen LogP contribution >= 0.6 is 0 Å². The maximum Gasteiger partial charge on any atom is 0.397 e. The SMILES string of the molecule is CC(C)(C)C(N)O.COS(=O)(=O)O. The summed E-state index contributed by atoms with van der Waals surface area (Å²) in [6, 6.07) is 0. The minimum absolute atomic E-state index is 0.167. The van der Waals surface area contributed by atoms with Gasteiger partial charge in [0, 0.05) is 5.41 Å². The van der Waals surface area contributed by atoms with Crippen LogP contribution in [0.4, 0.5) is 0 Å². The molecule has 0 radical (unpaired) electrons. The summed E-state index contributed by atoms with van der Waals surface area (Å²) in [4.78, 5) is 0. The number of nitrogens with two attached hydrogens (primary N) is 1. The van der Waals surface area contributed by atoms with Crippen LogP contribution in [0.5, 0.6) is 0 Å². The Balaban J connectivity index is 0. The second kappa shape index (κ2) is 5.51. The molecule has 13 heavy (non-hydrogen) atoms. The van der Waals surface area contributed by atoms with E-state index in [2.05, 4.69) is 4.18 Å². The molecule has 0 aliphatic heterocycles. The van der Waals surface area contributed by atoms with E-state index < -0.39 is 16.6 Å². The number of aliphatic hydroxyl groups excluding tert-OH is 1. The first-order chi connectivity index (χ1) is 5.50. The zero-order valence-corrected chi connectivity index (χ0v) is 9.00. The fourth-order valence-corrected chi connectivity index (χ4v) is 0. The quantitative estimate of drug-likeness (QED) is 0.411. The van der Waals surface area contributed by atoms with Gasteiger partial charge in [-0.1, -0.05) is 20.8 Å². The van der Waals surface area contributed by atoms with Crippen molar-refractivity contribution < 1.29 is 22.3 Å². The molecule has 0 fully saturated rings. The van der Waals surface area contributed by atoms with E-state index in [9.17, 15) is 8.42 Å². The summed E-state index contributed by atoms with van der Waals surface area (Å²) in [6.07, 6.45) is -0.701. The lowest BCUT2D eigenvalue weighted by atomic mass is 9.95. The molecule has 0 rings (SSSR count). The van der Waals surface area contributed by atoms with Crippen molar-refractivity contribution in [1.82, 2.24) is 0 Å². The minimum atomic E-state index is -4.16. The van der Waals surface area contributed by atoms with Crippen LogP contribution in [0, 0.1) is 5.41 Å². The highest BCUT2D eigenvalue weighted by molar-refractivity contribution is 7.80. The zero-order chi connectivity index (χ0) is 11.3. The molecule has 0 amide bonds. The second-order valence-electron chi connectivity index (χ2n) is 3.41. The van der Waals surface area contributed by atoms with E-state index >= 15 is 0 Å². The summed E-state index contributed by atoms with van der Waals surface area (Å²) >= 11 is 0. The number of aliphatic hydroxyl groups is 1. The molecule has 0 heterocycles. The lowest BCUT2D eigenvalue weighted by molar-refractivity contribution is 0.0692. The minimum Gasteiger partial charge on any atom is -0.378 e. The summed E-state index contributed by atoms with van der Waals surface area (Å²) in [5, 5.41) is 8.67. The van der Waals surface area contributed by atoms with Crippen molar-refractivity contribution in [3.8, 4) is 0 Å². The van der Waals surface area contributed by atoms with E-state index in [1.54, 1.807) is 0 Å². The van der Waals surface area contributed by atoms with Gasteiger partial charge in [-0.3, -0.25) is 8.74 Å². The third-order valence-corrected chi connectivity index (χ3v) is 1.52. The molecular weight excluding hydrogens is 198 g/mol. The monoisotopic (exact) mass is 215 g/mol. The van der Waals surface area contributed by atoms with E-state index in [0.717, 1.165) is 7.11 Å². The Morgan fingerprint density at radius 2 is 1.54 bits per heavy atom. The van der Waals surface area contributed by atoms with Crippen LogP contribution < -0.4 is 5.73 Å². The highest BCUT2D eigenvalue weighted by Gasteiger charge is 2.16. The van der Waals surface area contributed by atoms with Crippen molar-refractivity contribution in [2.75, 3.05) is 7.11 Å². The van der Waals surface area contributed by atoms with Gasteiger partial charge in [0.25, 0.3) is 0 Å². The third kappa shape index (κ3) is 14.6. The Kier molecular flexibility index (Phi) is 6.47. The zero-order valence-electron chi connectivity index (χ0n) is 8.18. The average molecular weight is 215 g/mol. The van der Waals surface area contributed by atoms with Gasteiger partial charge in [-0.05, 0) is 0 Å². The van der Waals surface area contributed by atoms with Crippen LogP contribution in [-0.2, 0) is 14.6 Å². The smallest absolute Gasteiger partial charge is 0.378 e. The van der Waals surface area contributed by atoms with Gasteiger partial charge in [0.2, 0.25) is 0 Å². The summed E-state index contributed by atoms with van der Waals surface area (Å²) in [5.74, 6) is 0. The predicted octanol–water partition coefficient (Wildman–Crippen LogP) is -0.255. The Hall–Kier alpha value is -0.210. The van der Waals surface area contributed by atoms with E-state index in [4.69, 9.17) is 15.4 Å². The van der Waals surface area contributed by atoms with E-state index in [-0.39, 0.29) is 5.41 Å². The highest BCUT2D eigenvalue weighted by Crippen LogP contribution is 2.13. The average Bonchev–Trinajstić information content (AvgIpc) is 1.85. The molecule has 0 aromatic rings. The van der Waals surface area contributed by atoms with Crippen molar-refractivity contribution >= 4 is 10.4 Å². The Morgan fingerprint density at radius 1 is 1.38 bits per heavy atom. The molecule has 0 spiro atoms. The topological polar surface area (TPSA) is 110 Å². The highest BCUT2D eigenvalue weighted by atomic mass is 32.3. The molecular formula is C6H17NO5S. The maximum atomic E-state index is 9.33. The lowest BCUT2D eigenvalue weighted by Gasteiger charge is -2.20. The largest absolute Gasteiger partial charge is 0.397 e. The molecule has 0 saturated heterocycles. The van der Waals surface area contributed by atoms with Gasteiger partial charge in [0.15, 0.2) is 0 Å². The molecule has 1 unspecified atom stereocenters. The summed E-state index contributed by atoms with van der Waals surface area (Å²) in [7, 11) is -3.29. The molecule has 0 saturated carbocycles. The van der Waals surface area contributed by atoms with Gasteiger partial charge in [0.05, 0.1) is 7.11 Å². The van der Waals surface area contributed by atoms with Gasteiger partial charge in [-0.15, -0.1) is 0 Å². The van der Waals surface area contributed by atoms with Crippen molar-refractivity contribution in [3.63, 3.8) is 0 Å². The Labute approximate surface area is 78.7 Å². The molecule has 4 N–H and O–H groups in total. The molecule has 0 aromatic heterocycles. The molecule has 7 heteroatoms. The molecule has 82 valence electrons. The summed E-state index contributed by atoms with van der Waals surface area (Å²) in [6.45, 7) is 5.66. The molecule has 0 aliphatic rings. The Bertz CT molecular complexity index is 216. The lowest BCUT2D eigenvalue weighted by Crippen LogP contribution is -2.34. The van der Waals surface area contributed by atoms with Gasteiger partial charge in [-0.25, -0.2) is 0 Å². The van der Waals surface area contributed by atoms with Gasteiger partial charge >= 0.3 is 10.4 Å².